The summed E-state index contributed by atoms with van der Waals surface area (Å²) in [5.74, 6) is 0.372. The molecule has 0 heterocycles. The van der Waals surface area contributed by atoms with Crippen LogP contribution in [0.4, 0.5) is 4.79 Å². The van der Waals surface area contributed by atoms with E-state index >= 15 is 0 Å². The van der Waals surface area contributed by atoms with Crippen molar-refractivity contribution in [3.63, 3.8) is 0 Å². The van der Waals surface area contributed by atoms with Gasteiger partial charge in [-0.2, -0.15) is 0 Å². The first-order valence-corrected chi connectivity index (χ1v) is 10.7. The summed E-state index contributed by atoms with van der Waals surface area (Å²) < 4.78 is 9.67. The Morgan fingerprint density at radius 3 is 1.40 bits per heavy atom. The van der Waals surface area contributed by atoms with Crippen LogP contribution in [-0.4, -0.2) is 12.8 Å². The molecule has 0 saturated heterocycles. The smallest absolute Gasteiger partial charge is 0.434 e. The average Bonchev–Trinajstić information content (AvgIpc) is 2.57. The van der Waals surface area contributed by atoms with Crippen LogP contribution in [0.15, 0.2) is 12.3 Å². The number of hydrogen-bond donors (Lipinski definition) is 0. The molecule has 0 aromatic heterocycles. The van der Waals surface area contributed by atoms with E-state index in [9.17, 15) is 4.79 Å². The highest BCUT2D eigenvalue weighted by Crippen LogP contribution is 2.13. The third kappa shape index (κ3) is 21.0. The highest BCUT2D eigenvalue weighted by Gasteiger charge is 2.03. The van der Waals surface area contributed by atoms with Gasteiger partial charge in [-0.25, -0.2) is 4.79 Å². The van der Waals surface area contributed by atoms with Gasteiger partial charge in [0.25, 0.3) is 0 Å². The zero-order valence-corrected chi connectivity index (χ0v) is 17.0. The lowest BCUT2D eigenvalue weighted by atomic mass is 10.0. The fourth-order valence-electron chi connectivity index (χ4n) is 2.98. The van der Waals surface area contributed by atoms with Crippen LogP contribution in [-0.2, 0) is 9.47 Å². The van der Waals surface area contributed by atoms with Crippen LogP contribution >= 0.6 is 0 Å². The van der Waals surface area contributed by atoms with Crippen molar-refractivity contribution < 1.29 is 14.3 Å². The maximum absolute atomic E-state index is 11.1. The maximum atomic E-state index is 11.1. The Morgan fingerprint density at radius 2 is 1.04 bits per heavy atom. The standard InChI is InChI=1S/C22H42O3/c1-4-5-6-7-8-9-10-11-12-13-14-15-16-17-18-19-20-24-22(23)25-21(2)3/h2,4-20H2,1,3H3. The first-order valence-electron chi connectivity index (χ1n) is 10.7. The van der Waals surface area contributed by atoms with Crippen LogP contribution < -0.4 is 0 Å². The van der Waals surface area contributed by atoms with Gasteiger partial charge in [0.1, 0.15) is 5.76 Å². The monoisotopic (exact) mass is 354 g/mol. The van der Waals surface area contributed by atoms with Crippen molar-refractivity contribution in [2.75, 3.05) is 6.61 Å². The van der Waals surface area contributed by atoms with E-state index in [0.29, 0.717) is 12.4 Å². The van der Waals surface area contributed by atoms with Gasteiger partial charge in [0.2, 0.25) is 0 Å². The molecule has 25 heavy (non-hydrogen) atoms. The Hall–Kier alpha value is -0.990. The van der Waals surface area contributed by atoms with Crippen molar-refractivity contribution in [3.8, 4) is 0 Å². The molecule has 0 aromatic carbocycles. The van der Waals surface area contributed by atoms with E-state index in [1.54, 1.807) is 6.92 Å². The zero-order valence-electron chi connectivity index (χ0n) is 17.0. The minimum Gasteiger partial charge on any atom is -0.434 e. The summed E-state index contributed by atoms with van der Waals surface area (Å²) in [5, 5.41) is 0. The van der Waals surface area contributed by atoms with Gasteiger partial charge in [-0.15, -0.1) is 0 Å². The molecule has 0 aromatic rings. The predicted molar refractivity (Wildman–Crippen MR) is 107 cm³/mol. The Morgan fingerprint density at radius 1 is 0.680 bits per heavy atom. The third-order valence-corrected chi connectivity index (χ3v) is 4.48. The molecule has 0 aliphatic rings. The van der Waals surface area contributed by atoms with Crippen LogP contribution in [0.25, 0.3) is 0 Å². The second kappa shape index (κ2) is 19.3. The summed E-state index contributed by atoms with van der Waals surface area (Å²) >= 11 is 0. The Kier molecular flexibility index (Phi) is 18.6. The van der Waals surface area contributed by atoms with Gasteiger partial charge in [-0.1, -0.05) is 110 Å². The Bertz CT molecular complexity index is 312. The van der Waals surface area contributed by atoms with E-state index in [-0.39, 0.29) is 0 Å². The van der Waals surface area contributed by atoms with Gasteiger partial charge in [0, 0.05) is 0 Å². The van der Waals surface area contributed by atoms with Gasteiger partial charge in [0.15, 0.2) is 0 Å². The molecular formula is C22H42O3. The molecular weight excluding hydrogens is 312 g/mol. The summed E-state index contributed by atoms with van der Waals surface area (Å²) in [5.41, 5.74) is 0. The van der Waals surface area contributed by atoms with Gasteiger partial charge < -0.3 is 9.47 Å². The molecule has 3 heteroatoms. The molecule has 3 nitrogen and oxygen atoms in total. The molecule has 0 spiro atoms. The SMILES string of the molecule is C=C(C)OC(=O)OCCCCCCCCCCCCCCCCCC. The molecule has 0 amide bonds. The lowest BCUT2D eigenvalue weighted by molar-refractivity contribution is 0.0763. The topological polar surface area (TPSA) is 35.5 Å². The first kappa shape index (κ1) is 24.0. The minimum atomic E-state index is -0.631. The molecule has 0 radical (unpaired) electrons. The number of unbranched alkanes of at least 4 members (excludes halogenated alkanes) is 15. The quantitative estimate of drug-likeness (QED) is 0.142. The lowest BCUT2D eigenvalue weighted by Crippen LogP contribution is -2.06. The Balaban J connectivity index is 3.07. The minimum absolute atomic E-state index is 0.372. The number of carbonyl (C=O) groups is 1. The van der Waals surface area contributed by atoms with E-state index in [0.717, 1.165) is 12.8 Å². The van der Waals surface area contributed by atoms with E-state index in [4.69, 9.17) is 9.47 Å². The number of carbonyl (C=O) groups excluding carboxylic acids is 1. The van der Waals surface area contributed by atoms with Crippen molar-refractivity contribution in [1.29, 1.82) is 0 Å². The van der Waals surface area contributed by atoms with E-state index < -0.39 is 6.16 Å². The first-order chi connectivity index (χ1) is 12.2. The molecule has 0 saturated carbocycles. The molecule has 0 aliphatic heterocycles. The van der Waals surface area contributed by atoms with E-state index in [1.807, 2.05) is 0 Å². The average molecular weight is 355 g/mol. The predicted octanol–water partition coefficient (Wildman–Crippen LogP) is 7.93. The van der Waals surface area contributed by atoms with Crippen molar-refractivity contribution >= 4 is 6.16 Å². The van der Waals surface area contributed by atoms with Gasteiger partial charge >= 0.3 is 6.16 Å². The highest BCUT2D eigenvalue weighted by molar-refractivity contribution is 5.61. The van der Waals surface area contributed by atoms with Crippen molar-refractivity contribution in [2.24, 2.45) is 0 Å². The molecule has 0 bridgehead atoms. The third-order valence-electron chi connectivity index (χ3n) is 4.48. The second-order valence-corrected chi connectivity index (χ2v) is 7.21. The van der Waals surface area contributed by atoms with E-state index in [1.165, 1.54) is 89.9 Å². The van der Waals surface area contributed by atoms with E-state index in [2.05, 4.69) is 13.5 Å². The second-order valence-electron chi connectivity index (χ2n) is 7.21. The van der Waals surface area contributed by atoms with Gasteiger partial charge in [-0.3, -0.25) is 0 Å². The summed E-state index contributed by atoms with van der Waals surface area (Å²) in [6, 6.07) is 0. The molecule has 0 rings (SSSR count). The molecule has 148 valence electrons. The molecule has 0 N–H and O–H groups in total. The largest absolute Gasteiger partial charge is 0.513 e. The maximum Gasteiger partial charge on any atom is 0.513 e. The number of rotatable bonds is 18. The van der Waals surface area contributed by atoms with Crippen LogP contribution in [0.2, 0.25) is 0 Å². The zero-order chi connectivity index (χ0) is 18.6. The molecule has 0 atom stereocenters. The van der Waals surface area contributed by atoms with Crippen molar-refractivity contribution in [1.82, 2.24) is 0 Å². The van der Waals surface area contributed by atoms with Gasteiger partial charge in [-0.05, 0) is 13.3 Å². The summed E-state index contributed by atoms with van der Waals surface area (Å²) in [7, 11) is 0. The fraction of sp³-hybridized carbons (Fsp3) is 0.864. The summed E-state index contributed by atoms with van der Waals surface area (Å²) in [4.78, 5) is 11.1. The van der Waals surface area contributed by atoms with Crippen LogP contribution in [0.5, 0.6) is 0 Å². The van der Waals surface area contributed by atoms with Crippen molar-refractivity contribution in [3.05, 3.63) is 12.3 Å². The summed E-state index contributed by atoms with van der Waals surface area (Å²) in [6.07, 6.45) is 20.8. The molecule has 0 aliphatic carbocycles. The van der Waals surface area contributed by atoms with Crippen molar-refractivity contribution in [2.45, 2.75) is 117 Å². The highest BCUT2D eigenvalue weighted by atomic mass is 16.7. The van der Waals surface area contributed by atoms with Gasteiger partial charge in [0.05, 0.1) is 6.61 Å². The van der Waals surface area contributed by atoms with Crippen LogP contribution in [0.3, 0.4) is 0 Å². The normalized spacial score (nSPS) is 10.6. The lowest BCUT2D eigenvalue weighted by Gasteiger charge is -2.05. The van der Waals surface area contributed by atoms with Crippen LogP contribution in [0.1, 0.15) is 117 Å². The fourth-order valence-corrected chi connectivity index (χ4v) is 2.98. The van der Waals surface area contributed by atoms with Crippen LogP contribution in [0, 0.1) is 0 Å². The summed E-state index contributed by atoms with van der Waals surface area (Å²) in [6.45, 7) is 7.86. The molecule has 0 unspecified atom stereocenters. The number of allylic oxidation sites excluding steroid dienone is 1. The number of ether oxygens (including phenoxy) is 2. The number of hydrogen-bond acceptors (Lipinski definition) is 3. The molecule has 0 fully saturated rings. The Labute approximate surface area is 156 Å².